The molecule has 4 nitrogen and oxygen atoms in total. The van der Waals surface area contributed by atoms with Crippen molar-refractivity contribution < 1.29 is 19.1 Å². The van der Waals surface area contributed by atoms with Crippen LogP contribution >= 0.6 is 0 Å². The summed E-state index contributed by atoms with van der Waals surface area (Å²) in [5.41, 5.74) is 2.89. The Morgan fingerprint density at radius 3 is 2.47 bits per heavy atom. The van der Waals surface area contributed by atoms with Crippen molar-refractivity contribution in [3.63, 3.8) is 0 Å². The molecular formula is C34H46O4. The molecule has 0 unspecified atom stereocenters. The lowest BCUT2D eigenvalue weighted by Gasteiger charge is -2.58. The molecule has 4 aliphatic carbocycles. The zero-order valence-corrected chi connectivity index (χ0v) is 23.8. The first-order valence-electron chi connectivity index (χ1n) is 15.0. The molecule has 0 amide bonds. The zero-order chi connectivity index (χ0) is 27.1. The number of benzene rings is 1. The third-order valence-electron chi connectivity index (χ3n) is 11.3. The van der Waals surface area contributed by atoms with Crippen LogP contribution in [0.2, 0.25) is 0 Å². The first-order valence-corrected chi connectivity index (χ1v) is 15.0. The highest BCUT2D eigenvalue weighted by atomic mass is 16.5. The molecule has 1 aromatic carbocycles. The van der Waals surface area contributed by atoms with E-state index in [0.29, 0.717) is 35.7 Å². The Hall–Kier alpha value is -2.36. The van der Waals surface area contributed by atoms with E-state index in [4.69, 9.17) is 9.47 Å². The van der Waals surface area contributed by atoms with Gasteiger partial charge < -0.3 is 9.47 Å². The first-order chi connectivity index (χ1) is 18.2. The summed E-state index contributed by atoms with van der Waals surface area (Å²) in [6.45, 7) is 13.2. The highest BCUT2D eigenvalue weighted by molar-refractivity contribution is 5.89. The Bertz CT molecular complexity index is 1080. The van der Waals surface area contributed by atoms with Crippen LogP contribution < -0.4 is 0 Å². The number of fused-ring (bicyclic) bond motifs is 5. The van der Waals surface area contributed by atoms with Gasteiger partial charge in [0.1, 0.15) is 12.2 Å². The summed E-state index contributed by atoms with van der Waals surface area (Å²) in [5, 5.41) is 0. The number of hydrogen-bond donors (Lipinski definition) is 0. The average Bonchev–Trinajstić information content (AvgIpc) is 3.29. The minimum atomic E-state index is -0.211. The molecule has 0 aromatic heterocycles. The molecule has 0 heterocycles. The Labute approximate surface area is 229 Å². The van der Waals surface area contributed by atoms with E-state index in [1.807, 2.05) is 43.3 Å². The molecule has 0 radical (unpaired) electrons. The summed E-state index contributed by atoms with van der Waals surface area (Å²) < 4.78 is 11.8. The Morgan fingerprint density at radius 1 is 1.05 bits per heavy atom. The fourth-order valence-electron chi connectivity index (χ4n) is 9.11. The molecular weight excluding hydrogens is 472 g/mol. The molecule has 0 saturated heterocycles. The highest BCUT2D eigenvalue weighted by Gasteiger charge is 2.59. The third kappa shape index (κ3) is 4.67. The number of carbonyl (C=O) groups excluding carboxylic acids is 2. The van der Waals surface area contributed by atoms with Crippen molar-refractivity contribution in [3.05, 3.63) is 60.2 Å². The summed E-state index contributed by atoms with van der Waals surface area (Å²) in [4.78, 5) is 24.8. The minimum Gasteiger partial charge on any atom is -0.459 e. The van der Waals surface area contributed by atoms with Crippen molar-refractivity contribution in [2.24, 2.45) is 40.4 Å². The molecule has 3 saturated carbocycles. The first kappa shape index (κ1) is 27.2. The topological polar surface area (TPSA) is 52.6 Å². The summed E-state index contributed by atoms with van der Waals surface area (Å²) >= 11 is 0. The van der Waals surface area contributed by atoms with Gasteiger partial charge in [-0.05, 0) is 98.0 Å². The van der Waals surface area contributed by atoms with Gasteiger partial charge in [0.2, 0.25) is 0 Å². The van der Waals surface area contributed by atoms with Crippen LogP contribution in [0.4, 0.5) is 0 Å². The predicted octanol–water partition coefficient (Wildman–Crippen LogP) is 7.93. The fourth-order valence-corrected chi connectivity index (χ4v) is 9.11. The van der Waals surface area contributed by atoms with E-state index in [9.17, 15) is 9.59 Å². The van der Waals surface area contributed by atoms with Crippen LogP contribution in [0.15, 0.2) is 54.6 Å². The maximum absolute atomic E-state index is 12.7. The molecule has 38 heavy (non-hydrogen) atoms. The lowest BCUT2D eigenvalue weighted by Crippen LogP contribution is -2.50. The molecule has 3 fully saturated rings. The second-order valence-electron chi connectivity index (χ2n) is 13.0. The van der Waals surface area contributed by atoms with Crippen LogP contribution in [0.1, 0.15) is 95.8 Å². The Kier molecular flexibility index (Phi) is 7.64. The second-order valence-corrected chi connectivity index (χ2v) is 13.0. The van der Waals surface area contributed by atoms with Crippen molar-refractivity contribution >= 4 is 11.9 Å². The smallest absolute Gasteiger partial charge is 0.338 e. The van der Waals surface area contributed by atoms with Gasteiger partial charge in [0.05, 0.1) is 5.56 Å². The van der Waals surface area contributed by atoms with Crippen molar-refractivity contribution in [1.29, 1.82) is 0 Å². The van der Waals surface area contributed by atoms with E-state index in [2.05, 4.69) is 33.4 Å². The number of carbonyl (C=O) groups is 2. The van der Waals surface area contributed by atoms with Gasteiger partial charge in [0.25, 0.3) is 0 Å². The minimum absolute atomic E-state index is 0.0166. The number of ether oxygens (including phenoxy) is 2. The molecule has 4 aliphatic rings. The van der Waals surface area contributed by atoms with E-state index in [1.54, 1.807) is 5.57 Å². The van der Waals surface area contributed by atoms with Gasteiger partial charge in [-0.2, -0.15) is 0 Å². The van der Waals surface area contributed by atoms with Crippen molar-refractivity contribution in [2.75, 3.05) is 0 Å². The second kappa shape index (κ2) is 10.7. The largest absolute Gasteiger partial charge is 0.459 e. The maximum atomic E-state index is 12.7. The van der Waals surface area contributed by atoms with E-state index in [0.717, 1.165) is 25.7 Å². The maximum Gasteiger partial charge on any atom is 0.338 e. The average molecular weight is 519 g/mol. The number of rotatable bonds is 7. The molecule has 0 aliphatic heterocycles. The Morgan fingerprint density at radius 2 is 1.76 bits per heavy atom. The number of esters is 2. The quantitative estimate of drug-likeness (QED) is 0.272. The molecule has 4 heteroatoms. The summed E-state index contributed by atoms with van der Waals surface area (Å²) in [7, 11) is 0. The van der Waals surface area contributed by atoms with Crippen molar-refractivity contribution in [1.82, 2.24) is 0 Å². The van der Waals surface area contributed by atoms with Crippen LogP contribution in [-0.4, -0.2) is 24.1 Å². The summed E-state index contributed by atoms with van der Waals surface area (Å²) in [6.07, 6.45) is 13.7. The number of allylic oxidation sites excluding steroid dienone is 2. The van der Waals surface area contributed by atoms with Gasteiger partial charge in [-0.3, -0.25) is 4.79 Å². The van der Waals surface area contributed by atoms with Crippen LogP contribution in [0.3, 0.4) is 0 Å². The van der Waals surface area contributed by atoms with Crippen LogP contribution in [0, 0.1) is 40.4 Å². The van der Waals surface area contributed by atoms with Gasteiger partial charge in [-0.15, -0.1) is 0 Å². The van der Waals surface area contributed by atoms with Crippen LogP contribution in [0.25, 0.3) is 0 Å². The third-order valence-corrected chi connectivity index (χ3v) is 11.3. The van der Waals surface area contributed by atoms with E-state index >= 15 is 0 Å². The molecule has 0 spiro atoms. The van der Waals surface area contributed by atoms with Gasteiger partial charge in [-0.1, -0.05) is 70.2 Å². The van der Waals surface area contributed by atoms with E-state index < -0.39 is 0 Å². The van der Waals surface area contributed by atoms with Gasteiger partial charge in [0.15, 0.2) is 0 Å². The van der Waals surface area contributed by atoms with Crippen molar-refractivity contribution in [2.45, 2.75) is 97.7 Å². The lowest BCUT2D eigenvalue weighted by molar-refractivity contribution is -0.150. The lowest BCUT2D eigenvalue weighted by atomic mass is 9.47. The SMILES string of the molecule is C=C[C@H](OC(=O)CC)[C@@H](C)[C@H]1CC[C@H]2C3=CC[C@H]4C[C@@H](OC(=O)c5ccccc5)CC[C@]4(C)[C@H]3CC[C@]12C. The molecule has 0 N–H and O–H groups in total. The summed E-state index contributed by atoms with van der Waals surface area (Å²) in [6, 6.07) is 9.39. The normalized spacial score (nSPS) is 37.5. The van der Waals surface area contributed by atoms with Gasteiger partial charge in [0, 0.05) is 12.3 Å². The van der Waals surface area contributed by atoms with Crippen LogP contribution in [-0.2, 0) is 14.3 Å². The van der Waals surface area contributed by atoms with Gasteiger partial charge >= 0.3 is 11.9 Å². The zero-order valence-electron chi connectivity index (χ0n) is 23.8. The highest BCUT2D eigenvalue weighted by Crippen LogP contribution is 2.67. The molecule has 1 aromatic rings. The van der Waals surface area contributed by atoms with Crippen molar-refractivity contribution in [3.8, 4) is 0 Å². The summed E-state index contributed by atoms with van der Waals surface area (Å²) in [5.74, 6) is 2.30. The Balaban J connectivity index is 1.29. The monoisotopic (exact) mass is 518 g/mol. The standard InChI is InChI=1S/C34H46O4/c1-6-30(38-31(35)7-2)22(3)27-15-16-28-26-14-13-24-21-25(37-32(36)23-11-9-8-10-12-23)17-19-33(24,4)29(26)18-20-34(27,28)5/h6,8-12,14,22,24-25,27-30H,1,7,13,15-21H2,2-5H3/t22-,24-,25-,27+,28-,29-,30-,33-,34+/m0/s1. The molecule has 5 rings (SSSR count). The number of hydrogen-bond acceptors (Lipinski definition) is 4. The van der Waals surface area contributed by atoms with E-state index in [1.165, 1.54) is 25.7 Å². The predicted molar refractivity (Wildman–Crippen MR) is 150 cm³/mol. The molecule has 9 atom stereocenters. The van der Waals surface area contributed by atoms with E-state index in [-0.39, 0.29) is 40.9 Å². The van der Waals surface area contributed by atoms with Gasteiger partial charge in [-0.25, -0.2) is 4.79 Å². The fraction of sp³-hybridized carbons (Fsp3) is 0.647. The van der Waals surface area contributed by atoms with Crippen LogP contribution in [0.5, 0.6) is 0 Å². The molecule has 0 bridgehead atoms. The molecule has 206 valence electrons.